The van der Waals surface area contributed by atoms with Gasteiger partial charge in [-0.15, -0.1) is 0 Å². The predicted molar refractivity (Wildman–Crippen MR) is 85.6 cm³/mol. The Hall–Kier alpha value is -1.50. The Morgan fingerprint density at radius 2 is 2.22 bits per heavy atom. The van der Waals surface area contributed by atoms with Crippen molar-refractivity contribution in [2.24, 2.45) is 0 Å². The molecule has 0 unspecified atom stereocenters. The van der Waals surface area contributed by atoms with Gasteiger partial charge in [-0.05, 0) is 25.5 Å². The maximum atomic E-state index is 13.9. The van der Waals surface area contributed by atoms with Crippen LogP contribution in [0, 0.1) is 5.82 Å². The molecule has 0 saturated carbocycles. The van der Waals surface area contributed by atoms with E-state index in [-0.39, 0.29) is 37.3 Å². The summed E-state index contributed by atoms with van der Waals surface area (Å²) in [4.78, 5) is 13.9. The molecule has 1 saturated heterocycles. The van der Waals surface area contributed by atoms with Crippen molar-refractivity contribution in [2.75, 3.05) is 32.8 Å². The predicted octanol–water partition coefficient (Wildman–Crippen LogP) is 0.956. The molecule has 2 rings (SSSR count). The zero-order chi connectivity index (χ0) is 16.9. The van der Waals surface area contributed by atoms with Crippen molar-refractivity contribution in [1.29, 1.82) is 0 Å². The number of ether oxygens (including phenoxy) is 1. The fourth-order valence-electron chi connectivity index (χ4n) is 2.88. The van der Waals surface area contributed by atoms with Gasteiger partial charge in [0.05, 0.1) is 19.8 Å². The Kier molecular flexibility index (Phi) is 6.10. The summed E-state index contributed by atoms with van der Waals surface area (Å²) in [5, 5.41) is 12.7. The van der Waals surface area contributed by atoms with Crippen LogP contribution in [-0.2, 0) is 16.0 Å². The molecule has 6 heteroatoms. The molecule has 1 aromatic carbocycles. The van der Waals surface area contributed by atoms with Gasteiger partial charge in [0.1, 0.15) is 11.4 Å². The maximum Gasteiger partial charge on any atom is 0.234 e. The summed E-state index contributed by atoms with van der Waals surface area (Å²) >= 11 is 0. The molecule has 0 aromatic heterocycles. The van der Waals surface area contributed by atoms with Crippen LogP contribution in [0.3, 0.4) is 0 Å². The summed E-state index contributed by atoms with van der Waals surface area (Å²) in [5.74, 6) is -0.363. The average molecular weight is 324 g/mol. The number of rotatable bonds is 6. The topological polar surface area (TPSA) is 61.8 Å². The zero-order valence-corrected chi connectivity index (χ0v) is 13.7. The quantitative estimate of drug-likeness (QED) is 0.818. The van der Waals surface area contributed by atoms with Crippen molar-refractivity contribution in [3.8, 4) is 0 Å². The first-order valence-corrected chi connectivity index (χ1v) is 7.94. The molecule has 1 atom stereocenters. The minimum atomic E-state index is -0.876. The van der Waals surface area contributed by atoms with Gasteiger partial charge >= 0.3 is 0 Å². The second-order valence-corrected chi connectivity index (χ2v) is 6.39. The van der Waals surface area contributed by atoms with Crippen LogP contribution in [0.5, 0.6) is 0 Å². The number of hydrogen-bond donors (Lipinski definition) is 2. The highest BCUT2D eigenvalue weighted by Gasteiger charge is 2.37. The summed E-state index contributed by atoms with van der Waals surface area (Å²) in [6.45, 7) is 5.27. The van der Waals surface area contributed by atoms with E-state index in [0.29, 0.717) is 25.3 Å². The molecule has 0 spiro atoms. The second kappa shape index (κ2) is 7.86. The Bertz CT molecular complexity index is 538. The fourth-order valence-corrected chi connectivity index (χ4v) is 2.88. The molecule has 128 valence electrons. The number of carbonyl (C=O) groups excluding carboxylic acids is 1. The van der Waals surface area contributed by atoms with Crippen molar-refractivity contribution in [3.05, 3.63) is 35.6 Å². The molecule has 1 fully saturated rings. The molecule has 1 heterocycles. The van der Waals surface area contributed by atoms with Gasteiger partial charge < -0.3 is 15.2 Å². The molecule has 1 aliphatic rings. The average Bonchev–Trinajstić information content (AvgIpc) is 2.49. The monoisotopic (exact) mass is 324 g/mol. The molecule has 1 aromatic rings. The normalized spacial score (nSPS) is 22.3. The lowest BCUT2D eigenvalue weighted by Crippen LogP contribution is -2.57. The zero-order valence-electron chi connectivity index (χ0n) is 13.7. The Labute approximate surface area is 136 Å². The number of aliphatic hydroxyl groups excluding tert-OH is 1. The number of amides is 1. The molecule has 0 radical (unpaired) electrons. The van der Waals surface area contributed by atoms with Gasteiger partial charge in [-0.2, -0.15) is 0 Å². The first-order valence-electron chi connectivity index (χ1n) is 7.94. The van der Waals surface area contributed by atoms with Crippen LogP contribution in [0.1, 0.15) is 19.4 Å². The number of aliphatic hydroxyl groups is 1. The molecule has 23 heavy (non-hydrogen) atoms. The maximum absolute atomic E-state index is 13.9. The number of halogens is 1. The Balaban J connectivity index is 2.03. The van der Waals surface area contributed by atoms with Gasteiger partial charge in [-0.25, -0.2) is 4.39 Å². The van der Waals surface area contributed by atoms with E-state index in [1.165, 1.54) is 6.07 Å². The van der Waals surface area contributed by atoms with Crippen LogP contribution in [0.4, 0.5) is 4.39 Å². The van der Waals surface area contributed by atoms with Gasteiger partial charge in [0.15, 0.2) is 0 Å². The minimum Gasteiger partial charge on any atom is -0.393 e. The number of hydrogen-bond acceptors (Lipinski definition) is 4. The summed E-state index contributed by atoms with van der Waals surface area (Å²) in [6.07, 6.45) is 0.276. The summed E-state index contributed by atoms with van der Waals surface area (Å²) in [6, 6.07) is 6.58. The van der Waals surface area contributed by atoms with Gasteiger partial charge in [0.25, 0.3) is 0 Å². The van der Waals surface area contributed by atoms with E-state index in [9.17, 15) is 14.3 Å². The third-order valence-electron chi connectivity index (χ3n) is 3.90. The van der Waals surface area contributed by atoms with Gasteiger partial charge in [0.2, 0.25) is 5.91 Å². The molecule has 1 aliphatic heterocycles. The highest BCUT2D eigenvalue weighted by molar-refractivity contribution is 5.78. The first-order chi connectivity index (χ1) is 10.9. The smallest absolute Gasteiger partial charge is 0.234 e. The van der Waals surface area contributed by atoms with E-state index in [1.54, 1.807) is 18.2 Å². The Morgan fingerprint density at radius 1 is 1.48 bits per heavy atom. The molecule has 0 aliphatic carbocycles. The third kappa shape index (κ3) is 4.99. The molecule has 0 bridgehead atoms. The second-order valence-electron chi connectivity index (χ2n) is 6.39. The van der Waals surface area contributed by atoms with Crippen LogP contribution in [-0.4, -0.2) is 60.4 Å². The largest absolute Gasteiger partial charge is 0.393 e. The van der Waals surface area contributed by atoms with Gasteiger partial charge in [0, 0.05) is 25.6 Å². The number of morpholine rings is 1. The van der Waals surface area contributed by atoms with Crippen LogP contribution in [0.15, 0.2) is 24.3 Å². The lowest BCUT2D eigenvalue weighted by molar-refractivity contribution is -0.141. The van der Waals surface area contributed by atoms with E-state index in [0.717, 1.165) is 0 Å². The SMILES string of the molecule is CC(C)NC(=O)CN1CCO[C@@](CO)(Cc2ccccc2F)C1. The highest BCUT2D eigenvalue weighted by atomic mass is 19.1. The molecular formula is C17H25FN2O3. The number of carbonyl (C=O) groups is 1. The number of benzene rings is 1. The van der Waals surface area contributed by atoms with E-state index in [2.05, 4.69) is 5.32 Å². The van der Waals surface area contributed by atoms with Crippen molar-refractivity contribution < 1.29 is 19.0 Å². The third-order valence-corrected chi connectivity index (χ3v) is 3.90. The van der Waals surface area contributed by atoms with Gasteiger partial charge in [-0.1, -0.05) is 18.2 Å². The molecule has 2 N–H and O–H groups in total. The van der Waals surface area contributed by atoms with Crippen LogP contribution >= 0.6 is 0 Å². The molecule has 1 amide bonds. The summed E-state index contributed by atoms with van der Waals surface area (Å²) in [7, 11) is 0. The van der Waals surface area contributed by atoms with Crippen molar-refractivity contribution >= 4 is 5.91 Å². The number of nitrogens with one attached hydrogen (secondary N) is 1. The lowest BCUT2D eigenvalue weighted by Gasteiger charge is -2.41. The summed E-state index contributed by atoms with van der Waals surface area (Å²) < 4.78 is 19.7. The number of nitrogens with zero attached hydrogens (tertiary/aromatic N) is 1. The van der Waals surface area contributed by atoms with E-state index in [4.69, 9.17) is 4.74 Å². The Morgan fingerprint density at radius 3 is 2.87 bits per heavy atom. The standard InChI is InChI=1S/C17H25FN2O3/c1-13(2)19-16(22)10-20-7-8-23-17(11-20,12-21)9-14-5-3-4-6-15(14)18/h3-6,13,21H,7-12H2,1-2H3,(H,19,22)/t17-/m0/s1. The van der Waals surface area contributed by atoms with Crippen molar-refractivity contribution in [3.63, 3.8) is 0 Å². The highest BCUT2D eigenvalue weighted by Crippen LogP contribution is 2.24. The first kappa shape index (κ1) is 17.8. The van der Waals surface area contributed by atoms with E-state index in [1.807, 2.05) is 18.7 Å². The summed E-state index contributed by atoms with van der Waals surface area (Å²) in [5.41, 5.74) is -0.367. The molecular weight excluding hydrogens is 299 g/mol. The fraction of sp³-hybridized carbons (Fsp3) is 0.588. The van der Waals surface area contributed by atoms with Gasteiger partial charge in [-0.3, -0.25) is 9.69 Å². The van der Waals surface area contributed by atoms with Crippen LogP contribution in [0.2, 0.25) is 0 Å². The van der Waals surface area contributed by atoms with Crippen molar-refractivity contribution in [2.45, 2.75) is 31.9 Å². The molecule has 5 nitrogen and oxygen atoms in total. The van der Waals surface area contributed by atoms with Crippen LogP contribution in [0.25, 0.3) is 0 Å². The van der Waals surface area contributed by atoms with Crippen molar-refractivity contribution in [1.82, 2.24) is 10.2 Å². The van der Waals surface area contributed by atoms with E-state index >= 15 is 0 Å². The van der Waals surface area contributed by atoms with Crippen LogP contribution < -0.4 is 5.32 Å². The minimum absolute atomic E-state index is 0.0559. The van der Waals surface area contributed by atoms with E-state index < -0.39 is 5.60 Å². The lowest BCUT2D eigenvalue weighted by atomic mass is 9.92.